The zero-order chi connectivity index (χ0) is 21.5. The number of amides is 1. The zero-order valence-electron chi connectivity index (χ0n) is 17.1. The lowest BCUT2D eigenvalue weighted by atomic mass is 9.87. The van der Waals surface area contributed by atoms with Crippen LogP contribution in [0.2, 0.25) is 0 Å². The van der Waals surface area contributed by atoms with Crippen molar-refractivity contribution in [2.75, 3.05) is 0 Å². The average molecular weight is 468 g/mol. The first-order valence-electron chi connectivity index (χ1n) is 9.98. The minimum atomic E-state index is -0.245. The molecule has 3 rings (SSSR count). The molecule has 0 bridgehead atoms. The van der Waals surface area contributed by atoms with Crippen LogP contribution in [0.1, 0.15) is 42.9 Å². The van der Waals surface area contributed by atoms with Gasteiger partial charge < -0.3 is 15.2 Å². The maximum atomic E-state index is 12.8. The van der Waals surface area contributed by atoms with Crippen molar-refractivity contribution in [3.8, 4) is 11.5 Å². The van der Waals surface area contributed by atoms with Gasteiger partial charge in [-0.3, -0.25) is 4.79 Å². The minimum absolute atomic E-state index is 0.0780. The molecule has 0 spiro atoms. The Kier molecular flexibility index (Phi) is 7.52. The number of hydrogen-bond acceptors (Lipinski definition) is 3. The molecule has 0 aromatic heterocycles. The Balaban J connectivity index is 1.70. The molecule has 0 saturated carbocycles. The fourth-order valence-electron chi connectivity index (χ4n) is 3.31. The van der Waals surface area contributed by atoms with Gasteiger partial charge in [0.05, 0.1) is 6.10 Å². The monoisotopic (exact) mass is 467 g/mol. The fourth-order valence-corrected chi connectivity index (χ4v) is 3.69. The topological polar surface area (TPSA) is 58.6 Å². The van der Waals surface area contributed by atoms with E-state index in [1.807, 2.05) is 74.5 Å². The predicted molar refractivity (Wildman–Crippen MR) is 123 cm³/mol. The van der Waals surface area contributed by atoms with Gasteiger partial charge in [0.25, 0.3) is 0 Å². The van der Waals surface area contributed by atoms with E-state index in [0.717, 1.165) is 26.9 Å². The van der Waals surface area contributed by atoms with Gasteiger partial charge in [0.1, 0.15) is 11.5 Å². The maximum Gasteiger partial charge on any atom is 0.221 e. The molecule has 3 aromatic rings. The van der Waals surface area contributed by atoms with Gasteiger partial charge in [-0.15, -0.1) is 0 Å². The van der Waals surface area contributed by atoms with Gasteiger partial charge in [-0.2, -0.15) is 0 Å². The first-order chi connectivity index (χ1) is 14.4. The lowest BCUT2D eigenvalue weighted by Crippen LogP contribution is -2.25. The van der Waals surface area contributed by atoms with Crippen molar-refractivity contribution in [3.63, 3.8) is 0 Å². The van der Waals surface area contributed by atoms with Crippen molar-refractivity contribution in [1.29, 1.82) is 0 Å². The molecule has 1 atom stereocenters. The number of benzene rings is 3. The van der Waals surface area contributed by atoms with Gasteiger partial charge >= 0.3 is 0 Å². The van der Waals surface area contributed by atoms with Gasteiger partial charge in [0, 0.05) is 28.9 Å². The predicted octanol–water partition coefficient (Wildman–Crippen LogP) is 5.78. The Morgan fingerprint density at radius 2 is 1.73 bits per heavy atom. The van der Waals surface area contributed by atoms with Gasteiger partial charge in [-0.25, -0.2) is 0 Å². The molecule has 5 heteroatoms. The third-order valence-electron chi connectivity index (χ3n) is 4.74. The van der Waals surface area contributed by atoms with E-state index in [2.05, 4.69) is 21.2 Å². The van der Waals surface area contributed by atoms with Crippen LogP contribution in [-0.4, -0.2) is 17.1 Å². The third-order valence-corrected chi connectivity index (χ3v) is 5.23. The van der Waals surface area contributed by atoms with E-state index in [9.17, 15) is 9.90 Å². The van der Waals surface area contributed by atoms with E-state index < -0.39 is 0 Å². The summed E-state index contributed by atoms with van der Waals surface area (Å²) in [5.41, 5.74) is 2.71. The molecule has 1 unspecified atom stereocenters. The molecule has 1 amide bonds. The van der Waals surface area contributed by atoms with Crippen molar-refractivity contribution >= 4 is 21.8 Å². The van der Waals surface area contributed by atoms with Crippen LogP contribution in [0.25, 0.3) is 0 Å². The quantitative estimate of drug-likeness (QED) is 0.441. The lowest BCUT2D eigenvalue weighted by molar-refractivity contribution is -0.121. The number of carbonyl (C=O) groups is 1. The highest BCUT2D eigenvalue weighted by Crippen LogP contribution is 2.35. The van der Waals surface area contributed by atoms with Crippen LogP contribution in [0.4, 0.5) is 0 Å². The summed E-state index contributed by atoms with van der Waals surface area (Å²) < 4.78 is 6.51. The molecule has 0 heterocycles. The summed E-state index contributed by atoms with van der Waals surface area (Å²) >= 11 is 3.46. The number of phenolic OH excluding ortho intramolecular Hbond substituents is 1. The van der Waals surface area contributed by atoms with Crippen molar-refractivity contribution in [2.45, 2.75) is 38.8 Å². The molecule has 30 heavy (non-hydrogen) atoms. The van der Waals surface area contributed by atoms with Gasteiger partial charge in [-0.1, -0.05) is 58.4 Å². The molecule has 0 fully saturated rings. The SMILES string of the molecule is CC(C)Oc1ccc(CNC(=O)CC(c2ccccc2)c2cc(Br)ccc2O)cc1. The first kappa shape index (κ1) is 21.9. The van der Waals surface area contributed by atoms with Crippen molar-refractivity contribution in [1.82, 2.24) is 5.32 Å². The van der Waals surface area contributed by atoms with Crippen LogP contribution in [-0.2, 0) is 11.3 Å². The normalized spacial score (nSPS) is 11.9. The number of halogens is 1. The summed E-state index contributed by atoms with van der Waals surface area (Å²) in [6, 6.07) is 22.8. The summed E-state index contributed by atoms with van der Waals surface area (Å²) in [5.74, 6) is 0.672. The molecule has 2 N–H and O–H groups in total. The van der Waals surface area contributed by atoms with Gasteiger partial charge in [-0.05, 0) is 55.3 Å². The average Bonchev–Trinajstić information content (AvgIpc) is 2.73. The minimum Gasteiger partial charge on any atom is -0.508 e. The van der Waals surface area contributed by atoms with Crippen molar-refractivity contribution < 1.29 is 14.6 Å². The second kappa shape index (κ2) is 10.3. The smallest absolute Gasteiger partial charge is 0.221 e. The molecule has 0 radical (unpaired) electrons. The summed E-state index contributed by atoms with van der Waals surface area (Å²) in [6.45, 7) is 4.41. The lowest BCUT2D eigenvalue weighted by Gasteiger charge is -2.19. The first-order valence-corrected chi connectivity index (χ1v) is 10.8. The van der Waals surface area contributed by atoms with E-state index in [4.69, 9.17) is 4.74 Å². The molecule has 156 valence electrons. The van der Waals surface area contributed by atoms with Crippen LogP contribution in [0.5, 0.6) is 11.5 Å². The van der Waals surface area contributed by atoms with E-state index in [1.54, 1.807) is 12.1 Å². The summed E-state index contributed by atoms with van der Waals surface area (Å²) in [7, 11) is 0. The number of rotatable bonds is 8. The molecule has 0 aliphatic heterocycles. The van der Waals surface area contributed by atoms with Crippen LogP contribution >= 0.6 is 15.9 Å². The number of phenols is 1. The molecule has 0 aliphatic carbocycles. The number of nitrogens with one attached hydrogen (secondary N) is 1. The largest absolute Gasteiger partial charge is 0.508 e. The Hall–Kier alpha value is -2.79. The Labute approximate surface area is 186 Å². The standard InChI is InChI=1S/C25H26BrNO3/c1-17(2)30-21-11-8-18(9-12-21)16-27-25(29)15-22(19-6-4-3-5-7-19)23-14-20(26)10-13-24(23)28/h3-14,17,22,28H,15-16H2,1-2H3,(H,27,29). The Bertz CT molecular complexity index is 971. The highest BCUT2D eigenvalue weighted by Gasteiger charge is 2.21. The van der Waals surface area contributed by atoms with Crippen molar-refractivity contribution in [3.05, 3.63) is 94.0 Å². The van der Waals surface area contributed by atoms with Gasteiger partial charge in [0.2, 0.25) is 5.91 Å². The molecule has 3 aromatic carbocycles. The molecular formula is C25H26BrNO3. The number of ether oxygens (including phenoxy) is 1. The summed E-state index contributed by atoms with van der Waals surface area (Å²) in [6.07, 6.45) is 0.364. The third kappa shape index (κ3) is 6.10. The molecule has 4 nitrogen and oxygen atoms in total. The van der Waals surface area contributed by atoms with Crippen LogP contribution in [0, 0.1) is 0 Å². The van der Waals surface area contributed by atoms with E-state index in [0.29, 0.717) is 6.54 Å². The van der Waals surface area contributed by atoms with E-state index >= 15 is 0 Å². The summed E-state index contributed by atoms with van der Waals surface area (Å²) in [4.78, 5) is 12.8. The van der Waals surface area contributed by atoms with Gasteiger partial charge in [0.15, 0.2) is 0 Å². The van der Waals surface area contributed by atoms with E-state index in [1.165, 1.54) is 0 Å². The van der Waals surface area contributed by atoms with Crippen LogP contribution in [0.15, 0.2) is 77.3 Å². The fraction of sp³-hybridized carbons (Fsp3) is 0.240. The Morgan fingerprint density at radius 1 is 1.03 bits per heavy atom. The second-order valence-corrected chi connectivity index (χ2v) is 8.37. The van der Waals surface area contributed by atoms with Crippen molar-refractivity contribution in [2.24, 2.45) is 0 Å². The molecule has 0 aliphatic rings. The van der Waals surface area contributed by atoms with E-state index in [-0.39, 0.29) is 30.1 Å². The zero-order valence-corrected chi connectivity index (χ0v) is 18.7. The number of carbonyl (C=O) groups excluding carboxylic acids is 1. The number of hydrogen-bond donors (Lipinski definition) is 2. The molecule has 0 saturated heterocycles. The highest BCUT2D eigenvalue weighted by atomic mass is 79.9. The molecular weight excluding hydrogens is 442 g/mol. The Morgan fingerprint density at radius 3 is 2.40 bits per heavy atom. The van der Waals surface area contributed by atoms with Crippen LogP contribution in [0.3, 0.4) is 0 Å². The number of aromatic hydroxyl groups is 1. The summed E-state index contributed by atoms with van der Waals surface area (Å²) in [5, 5.41) is 13.4. The highest BCUT2D eigenvalue weighted by molar-refractivity contribution is 9.10. The van der Waals surface area contributed by atoms with Crippen LogP contribution < -0.4 is 10.1 Å². The second-order valence-electron chi connectivity index (χ2n) is 7.46. The maximum absolute atomic E-state index is 12.8.